The Morgan fingerprint density at radius 3 is 2.36 bits per heavy atom. The highest BCUT2D eigenvalue weighted by atomic mass is 35.5. The Labute approximate surface area is 132 Å². The van der Waals surface area contributed by atoms with E-state index in [4.69, 9.17) is 22.1 Å². The molecule has 2 aromatic carbocycles. The van der Waals surface area contributed by atoms with Crippen molar-refractivity contribution in [3.05, 3.63) is 58.1 Å². The predicted molar refractivity (Wildman–Crippen MR) is 83.6 cm³/mol. The second-order valence-corrected chi connectivity index (χ2v) is 4.88. The first-order valence-electron chi connectivity index (χ1n) is 6.34. The van der Waals surface area contributed by atoms with Gasteiger partial charge in [0.15, 0.2) is 5.78 Å². The maximum atomic E-state index is 12.7. The van der Waals surface area contributed by atoms with Crippen LogP contribution in [0.2, 0.25) is 5.02 Å². The lowest BCUT2D eigenvalue weighted by Crippen LogP contribution is -2.08. The average Bonchev–Trinajstić information content (AvgIpc) is 2.52. The van der Waals surface area contributed by atoms with Gasteiger partial charge in [-0.2, -0.15) is 0 Å². The van der Waals surface area contributed by atoms with E-state index in [1.165, 1.54) is 44.6 Å². The van der Waals surface area contributed by atoms with Crippen LogP contribution in [0.25, 0.3) is 0 Å². The number of nitrogen functional groups attached to an aromatic ring is 1. The summed E-state index contributed by atoms with van der Waals surface area (Å²) in [7, 11) is 2.71. The van der Waals surface area contributed by atoms with Gasteiger partial charge >= 0.3 is 5.97 Å². The monoisotopic (exact) mass is 319 g/mol. The lowest BCUT2D eigenvalue weighted by molar-refractivity contribution is 0.0600. The fourth-order valence-corrected chi connectivity index (χ4v) is 2.27. The van der Waals surface area contributed by atoms with Crippen LogP contribution in [0.1, 0.15) is 26.3 Å². The van der Waals surface area contributed by atoms with Gasteiger partial charge in [0.1, 0.15) is 5.75 Å². The number of esters is 1. The summed E-state index contributed by atoms with van der Waals surface area (Å²) in [4.78, 5) is 24.3. The van der Waals surface area contributed by atoms with E-state index >= 15 is 0 Å². The molecule has 0 unspecified atom stereocenters. The number of ether oxygens (including phenoxy) is 2. The van der Waals surface area contributed by atoms with E-state index in [2.05, 4.69) is 4.74 Å². The molecule has 2 aromatic rings. The van der Waals surface area contributed by atoms with Crippen molar-refractivity contribution >= 4 is 29.0 Å². The number of ketones is 1. The zero-order chi connectivity index (χ0) is 16.3. The second kappa shape index (κ2) is 6.49. The number of halogens is 1. The third kappa shape index (κ3) is 3.04. The molecule has 22 heavy (non-hydrogen) atoms. The Morgan fingerprint density at radius 2 is 1.77 bits per heavy atom. The molecule has 0 spiro atoms. The van der Waals surface area contributed by atoms with Gasteiger partial charge in [-0.15, -0.1) is 0 Å². The SMILES string of the molecule is COC(=O)c1ccc(OC)c(C(=O)c2ccc(N)cc2Cl)c1. The third-order valence-electron chi connectivity index (χ3n) is 3.10. The van der Waals surface area contributed by atoms with Crippen molar-refractivity contribution in [2.24, 2.45) is 0 Å². The summed E-state index contributed by atoms with van der Waals surface area (Å²) in [6.45, 7) is 0. The highest BCUT2D eigenvalue weighted by Crippen LogP contribution is 2.27. The summed E-state index contributed by atoms with van der Waals surface area (Å²) in [6.07, 6.45) is 0. The Balaban J connectivity index is 2.53. The minimum atomic E-state index is -0.542. The van der Waals surface area contributed by atoms with E-state index in [-0.39, 0.29) is 27.5 Å². The molecule has 0 aromatic heterocycles. The van der Waals surface area contributed by atoms with E-state index in [0.29, 0.717) is 11.4 Å². The van der Waals surface area contributed by atoms with Crippen LogP contribution in [0, 0.1) is 0 Å². The molecular formula is C16H14ClNO4. The van der Waals surface area contributed by atoms with Gasteiger partial charge in [0, 0.05) is 11.3 Å². The fraction of sp³-hybridized carbons (Fsp3) is 0.125. The summed E-state index contributed by atoms with van der Waals surface area (Å²) in [5, 5.41) is 0.232. The average molecular weight is 320 g/mol. The molecule has 0 aliphatic carbocycles. The van der Waals surface area contributed by atoms with Crippen molar-refractivity contribution in [2.75, 3.05) is 20.0 Å². The normalized spacial score (nSPS) is 10.1. The molecule has 0 saturated heterocycles. The number of anilines is 1. The Kier molecular flexibility index (Phi) is 4.68. The molecule has 0 saturated carbocycles. The largest absolute Gasteiger partial charge is 0.496 e. The first-order chi connectivity index (χ1) is 10.5. The molecule has 0 atom stereocenters. The molecule has 0 aliphatic rings. The molecule has 0 aliphatic heterocycles. The predicted octanol–water partition coefficient (Wildman–Crippen LogP) is 2.95. The van der Waals surface area contributed by atoms with Gasteiger partial charge in [0.2, 0.25) is 0 Å². The standard InChI is InChI=1S/C16H14ClNO4/c1-21-14-6-3-9(16(20)22-2)7-12(14)15(19)11-5-4-10(18)8-13(11)17/h3-8H,18H2,1-2H3. The third-order valence-corrected chi connectivity index (χ3v) is 3.42. The van der Waals surface area contributed by atoms with Crippen LogP contribution in [0.3, 0.4) is 0 Å². The van der Waals surface area contributed by atoms with E-state index < -0.39 is 5.97 Å². The number of carbonyl (C=O) groups excluding carboxylic acids is 2. The quantitative estimate of drug-likeness (QED) is 0.532. The lowest BCUT2D eigenvalue weighted by atomic mass is 10.00. The molecule has 6 heteroatoms. The molecule has 2 rings (SSSR count). The summed E-state index contributed by atoms with van der Waals surface area (Å²) in [5.74, 6) is -0.571. The number of carbonyl (C=O) groups is 2. The van der Waals surface area contributed by atoms with Crippen LogP contribution in [0.5, 0.6) is 5.75 Å². The molecule has 2 N–H and O–H groups in total. The van der Waals surface area contributed by atoms with Crippen molar-refractivity contribution in [3.63, 3.8) is 0 Å². The van der Waals surface area contributed by atoms with E-state index in [9.17, 15) is 9.59 Å². The van der Waals surface area contributed by atoms with Crippen LogP contribution in [-0.4, -0.2) is 26.0 Å². The fourth-order valence-electron chi connectivity index (χ4n) is 1.99. The van der Waals surface area contributed by atoms with Crippen LogP contribution >= 0.6 is 11.6 Å². The molecule has 0 heterocycles. The van der Waals surface area contributed by atoms with Gasteiger partial charge in [0.25, 0.3) is 0 Å². The van der Waals surface area contributed by atoms with Crippen LogP contribution in [0.4, 0.5) is 5.69 Å². The molecular weight excluding hydrogens is 306 g/mol. The molecule has 5 nitrogen and oxygen atoms in total. The van der Waals surface area contributed by atoms with Crippen molar-refractivity contribution in [2.45, 2.75) is 0 Å². The Bertz CT molecular complexity index is 743. The van der Waals surface area contributed by atoms with Gasteiger partial charge < -0.3 is 15.2 Å². The number of hydrogen-bond donors (Lipinski definition) is 1. The van der Waals surface area contributed by atoms with Gasteiger partial charge in [-0.25, -0.2) is 4.79 Å². The van der Waals surface area contributed by atoms with E-state index in [1.807, 2.05) is 0 Å². The van der Waals surface area contributed by atoms with Crippen molar-refractivity contribution in [1.29, 1.82) is 0 Å². The first kappa shape index (κ1) is 15.9. The van der Waals surface area contributed by atoms with Crippen molar-refractivity contribution in [1.82, 2.24) is 0 Å². The van der Waals surface area contributed by atoms with Crippen LogP contribution in [0.15, 0.2) is 36.4 Å². The topological polar surface area (TPSA) is 78.6 Å². The van der Waals surface area contributed by atoms with Crippen molar-refractivity contribution < 1.29 is 19.1 Å². The van der Waals surface area contributed by atoms with Gasteiger partial charge in [-0.3, -0.25) is 4.79 Å². The summed E-state index contributed by atoms with van der Waals surface area (Å²) < 4.78 is 9.84. The maximum absolute atomic E-state index is 12.7. The molecule has 0 radical (unpaired) electrons. The number of nitrogens with two attached hydrogens (primary N) is 1. The molecule has 0 amide bonds. The molecule has 0 bridgehead atoms. The number of hydrogen-bond acceptors (Lipinski definition) is 5. The first-order valence-corrected chi connectivity index (χ1v) is 6.71. The molecule has 114 valence electrons. The smallest absolute Gasteiger partial charge is 0.337 e. The summed E-state index contributed by atoms with van der Waals surface area (Å²) >= 11 is 6.07. The number of rotatable bonds is 4. The second-order valence-electron chi connectivity index (χ2n) is 4.48. The van der Waals surface area contributed by atoms with E-state index in [0.717, 1.165) is 0 Å². The van der Waals surface area contributed by atoms with Crippen LogP contribution < -0.4 is 10.5 Å². The van der Waals surface area contributed by atoms with Crippen LogP contribution in [-0.2, 0) is 4.74 Å². The Hall–Kier alpha value is -2.53. The highest BCUT2D eigenvalue weighted by Gasteiger charge is 2.19. The zero-order valence-corrected chi connectivity index (χ0v) is 12.8. The van der Waals surface area contributed by atoms with Gasteiger partial charge in [0.05, 0.1) is 30.4 Å². The number of benzene rings is 2. The lowest BCUT2D eigenvalue weighted by Gasteiger charge is -2.10. The van der Waals surface area contributed by atoms with Crippen molar-refractivity contribution in [3.8, 4) is 5.75 Å². The van der Waals surface area contributed by atoms with Gasteiger partial charge in [-0.05, 0) is 36.4 Å². The van der Waals surface area contributed by atoms with E-state index in [1.54, 1.807) is 6.07 Å². The maximum Gasteiger partial charge on any atom is 0.337 e. The minimum absolute atomic E-state index is 0.220. The molecule has 0 fully saturated rings. The minimum Gasteiger partial charge on any atom is -0.496 e. The Morgan fingerprint density at radius 1 is 1.05 bits per heavy atom. The summed E-state index contributed by atoms with van der Waals surface area (Å²) in [6, 6.07) is 9.07. The highest BCUT2D eigenvalue weighted by molar-refractivity contribution is 6.35. The zero-order valence-electron chi connectivity index (χ0n) is 12.1. The summed E-state index contributed by atoms with van der Waals surface area (Å²) in [5.41, 5.74) is 6.82. The van der Waals surface area contributed by atoms with Gasteiger partial charge in [-0.1, -0.05) is 11.6 Å². The number of methoxy groups -OCH3 is 2.